The lowest BCUT2D eigenvalue weighted by Crippen LogP contribution is -2.49. The number of carbonyl (C=O) groups excluding carboxylic acids is 1. The number of nitrogens with zero attached hydrogens (tertiary/aromatic N) is 2. The summed E-state index contributed by atoms with van der Waals surface area (Å²) >= 11 is 0. The summed E-state index contributed by atoms with van der Waals surface area (Å²) in [5.74, 6) is 0.193. The molecule has 2 aromatic rings. The number of nitrogens with two attached hydrogens (primary N) is 1. The number of carbonyl (C=O) groups is 1. The van der Waals surface area contributed by atoms with Gasteiger partial charge in [0.25, 0.3) is 11.6 Å². The van der Waals surface area contributed by atoms with E-state index in [1.54, 1.807) is 0 Å². The molecule has 5 N–H and O–H groups in total. The van der Waals surface area contributed by atoms with Crippen molar-refractivity contribution in [3.63, 3.8) is 0 Å². The zero-order chi connectivity index (χ0) is 17.6. The van der Waals surface area contributed by atoms with Crippen LogP contribution in [0.25, 0.3) is 0 Å². The number of aliphatic imine (C=N–C) groups is 2. The quantitative estimate of drug-likeness (QED) is 0.638. The number of hydrogen-bond donors (Lipinski definition) is 4. The average Bonchev–Trinajstić information content (AvgIpc) is 2.82. The zero-order valence-corrected chi connectivity index (χ0v) is 13.9. The van der Waals surface area contributed by atoms with E-state index in [-0.39, 0.29) is 11.9 Å². The summed E-state index contributed by atoms with van der Waals surface area (Å²) in [6, 6.07) is 13.4. The highest BCUT2D eigenvalue weighted by molar-refractivity contribution is 6.13. The minimum Gasteiger partial charge on any atom is -0.370 e. The maximum absolute atomic E-state index is 12.6. The van der Waals surface area contributed by atoms with Crippen LogP contribution in [0, 0.1) is 13.8 Å². The fourth-order valence-corrected chi connectivity index (χ4v) is 3.13. The van der Waals surface area contributed by atoms with E-state index >= 15 is 0 Å². The van der Waals surface area contributed by atoms with Crippen LogP contribution < -0.4 is 21.7 Å². The summed E-state index contributed by atoms with van der Waals surface area (Å²) in [7, 11) is 0. The molecule has 0 aliphatic carbocycles. The number of para-hydroxylation sites is 1. The topological polar surface area (TPSA) is 104 Å². The Kier molecular flexibility index (Phi) is 3.24. The van der Waals surface area contributed by atoms with Crippen molar-refractivity contribution in [2.24, 2.45) is 15.7 Å². The van der Waals surface area contributed by atoms with E-state index < -0.39 is 5.66 Å². The molecule has 25 heavy (non-hydrogen) atoms. The van der Waals surface area contributed by atoms with Gasteiger partial charge in [-0.1, -0.05) is 35.9 Å². The molecule has 126 valence electrons. The third-order valence-electron chi connectivity index (χ3n) is 4.30. The van der Waals surface area contributed by atoms with E-state index in [0.29, 0.717) is 17.2 Å². The molecule has 1 amide bonds. The van der Waals surface area contributed by atoms with Crippen molar-refractivity contribution >= 4 is 29.2 Å². The van der Waals surface area contributed by atoms with Crippen molar-refractivity contribution in [2.45, 2.75) is 19.5 Å². The van der Waals surface area contributed by atoms with Crippen LogP contribution in [0.15, 0.2) is 52.4 Å². The van der Waals surface area contributed by atoms with Crippen molar-refractivity contribution in [1.29, 1.82) is 0 Å². The van der Waals surface area contributed by atoms with Crippen molar-refractivity contribution in [3.05, 3.63) is 59.2 Å². The fourth-order valence-electron chi connectivity index (χ4n) is 3.13. The molecule has 7 nitrogen and oxygen atoms in total. The third kappa shape index (κ3) is 2.40. The Morgan fingerprint density at radius 2 is 1.88 bits per heavy atom. The zero-order valence-electron chi connectivity index (χ0n) is 13.9. The van der Waals surface area contributed by atoms with E-state index in [9.17, 15) is 4.79 Å². The normalized spacial score (nSPS) is 21.1. The Balaban J connectivity index is 1.77. The summed E-state index contributed by atoms with van der Waals surface area (Å²) in [4.78, 5) is 21.5. The lowest BCUT2D eigenvalue weighted by molar-refractivity contribution is -0.120. The average molecular weight is 334 g/mol. The molecule has 0 saturated heterocycles. The Bertz CT molecular complexity index is 948. The molecule has 2 heterocycles. The van der Waals surface area contributed by atoms with Gasteiger partial charge in [-0.2, -0.15) is 0 Å². The van der Waals surface area contributed by atoms with Gasteiger partial charge in [0.15, 0.2) is 5.96 Å². The number of guanidine groups is 2. The van der Waals surface area contributed by atoms with Crippen LogP contribution >= 0.6 is 0 Å². The molecule has 0 radical (unpaired) electrons. The molecule has 0 aromatic heterocycles. The number of amides is 1. The van der Waals surface area contributed by atoms with Gasteiger partial charge in [0, 0.05) is 16.9 Å². The molecular formula is C18H18N6O. The summed E-state index contributed by atoms with van der Waals surface area (Å²) in [5.41, 5.74) is 9.05. The van der Waals surface area contributed by atoms with Gasteiger partial charge in [0.1, 0.15) is 0 Å². The first-order valence-electron chi connectivity index (χ1n) is 7.95. The number of benzene rings is 2. The summed E-state index contributed by atoms with van der Waals surface area (Å²) < 4.78 is 0. The second-order valence-electron chi connectivity index (χ2n) is 6.20. The first kappa shape index (κ1) is 15.2. The highest BCUT2D eigenvalue weighted by Gasteiger charge is 2.49. The van der Waals surface area contributed by atoms with E-state index in [2.05, 4.69) is 32.0 Å². The molecule has 2 aliphatic heterocycles. The van der Waals surface area contributed by atoms with Gasteiger partial charge in [-0.3, -0.25) is 10.1 Å². The summed E-state index contributed by atoms with van der Waals surface area (Å²) in [5, 5.41) is 8.92. The van der Waals surface area contributed by atoms with Gasteiger partial charge in [0.05, 0.1) is 0 Å². The summed E-state index contributed by atoms with van der Waals surface area (Å²) in [6.07, 6.45) is 0. The van der Waals surface area contributed by atoms with Crippen LogP contribution in [0.3, 0.4) is 0 Å². The SMILES string of the molecule is Cc1ccc(NC2=NC3(N=C(N)N2)C(=O)Nc2ccccc23)c(C)c1. The number of nitrogens with one attached hydrogen (secondary N) is 3. The standard InChI is InChI=1S/C18H18N6O/c1-10-7-8-13(11(2)9-10)21-17-22-16(19)23-18(24-17)12-5-3-4-6-14(12)20-15(18)25/h3-9H,1-2H3,(H,20,25)(H4,19,21,22,23,24). The lowest BCUT2D eigenvalue weighted by Gasteiger charge is -2.26. The molecule has 1 spiro atoms. The number of aryl methyl sites for hydroxylation is 2. The van der Waals surface area contributed by atoms with Crippen LogP contribution in [-0.4, -0.2) is 17.8 Å². The number of anilines is 2. The first-order chi connectivity index (χ1) is 12.0. The fraction of sp³-hybridized carbons (Fsp3) is 0.167. The molecule has 1 atom stereocenters. The van der Waals surface area contributed by atoms with E-state index in [0.717, 1.165) is 11.3 Å². The largest absolute Gasteiger partial charge is 0.370 e. The number of rotatable bonds is 1. The molecule has 0 fully saturated rings. The molecule has 2 aliphatic rings. The second kappa shape index (κ2) is 5.34. The maximum Gasteiger partial charge on any atom is 0.280 e. The predicted octanol–water partition coefficient (Wildman–Crippen LogP) is 1.79. The smallest absolute Gasteiger partial charge is 0.280 e. The number of hydrogen-bond acceptors (Lipinski definition) is 6. The Hall–Kier alpha value is -3.35. The van der Waals surface area contributed by atoms with Gasteiger partial charge in [0.2, 0.25) is 5.96 Å². The molecular weight excluding hydrogens is 316 g/mol. The highest BCUT2D eigenvalue weighted by atomic mass is 16.2. The minimum atomic E-state index is -1.40. The number of fused-ring (bicyclic) bond motifs is 2. The van der Waals surface area contributed by atoms with Crippen LogP contribution in [0.5, 0.6) is 0 Å². The predicted molar refractivity (Wildman–Crippen MR) is 98.5 cm³/mol. The van der Waals surface area contributed by atoms with E-state index in [4.69, 9.17) is 5.73 Å². The Morgan fingerprint density at radius 1 is 1.08 bits per heavy atom. The molecule has 7 heteroatoms. The third-order valence-corrected chi connectivity index (χ3v) is 4.30. The minimum absolute atomic E-state index is 0.133. The molecule has 2 aromatic carbocycles. The van der Waals surface area contributed by atoms with Crippen molar-refractivity contribution in [2.75, 3.05) is 10.6 Å². The Morgan fingerprint density at radius 3 is 2.68 bits per heavy atom. The summed E-state index contributed by atoms with van der Waals surface area (Å²) in [6.45, 7) is 4.04. The van der Waals surface area contributed by atoms with Gasteiger partial charge in [-0.05, 0) is 31.5 Å². The monoisotopic (exact) mass is 334 g/mol. The van der Waals surface area contributed by atoms with Crippen molar-refractivity contribution in [3.8, 4) is 0 Å². The van der Waals surface area contributed by atoms with Gasteiger partial charge in [-0.15, -0.1) is 0 Å². The Labute approximate surface area is 145 Å². The van der Waals surface area contributed by atoms with Crippen LogP contribution in [0.4, 0.5) is 11.4 Å². The van der Waals surface area contributed by atoms with Crippen LogP contribution in [0.2, 0.25) is 0 Å². The van der Waals surface area contributed by atoms with E-state index in [1.807, 2.05) is 50.2 Å². The molecule has 0 bridgehead atoms. The molecule has 0 saturated carbocycles. The van der Waals surface area contributed by atoms with E-state index in [1.165, 1.54) is 5.56 Å². The van der Waals surface area contributed by atoms with Gasteiger partial charge in [-0.25, -0.2) is 9.98 Å². The first-order valence-corrected chi connectivity index (χ1v) is 7.95. The second-order valence-corrected chi connectivity index (χ2v) is 6.20. The van der Waals surface area contributed by atoms with Gasteiger partial charge >= 0.3 is 0 Å². The van der Waals surface area contributed by atoms with Crippen molar-refractivity contribution in [1.82, 2.24) is 5.32 Å². The lowest BCUT2D eigenvalue weighted by atomic mass is 10.0. The maximum atomic E-state index is 12.6. The molecule has 4 rings (SSSR count). The van der Waals surface area contributed by atoms with Gasteiger partial charge < -0.3 is 16.4 Å². The van der Waals surface area contributed by atoms with Crippen LogP contribution in [0.1, 0.15) is 16.7 Å². The van der Waals surface area contributed by atoms with Crippen molar-refractivity contribution < 1.29 is 4.79 Å². The highest BCUT2D eigenvalue weighted by Crippen LogP contribution is 2.40. The molecule has 1 unspecified atom stereocenters. The van der Waals surface area contributed by atoms with Crippen LogP contribution in [-0.2, 0) is 10.5 Å².